The second kappa shape index (κ2) is 6.33. The first-order valence-electron chi connectivity index (χ1n) is 9.86. The molecule has 1 aromatic heterocycles. The molecule has 0 aliphatic heterocycles. The van der Waals surface area contributed by atoms with E-state index in [4.69, 9.17) is 4.74 Å². The number of nitrogens with one attached hydrogen (secondary N) is 1. The Hall–Kier alpha value is -1.36. The molecule has 1 atom stereocenters. The molecule has 2 aliphatic carbocycles. The number of fused-ring (bicyclic) bond motifs is 1. The quantitative estimate of drug-likeness (QED) is 0.711. The number of hydrogen-bond donors (Lipinski definition) is 1. The molecule has 4 nitrogen and oxygen atoms in total. The zero-order valence-electron chi connectivity index (χ0n) is 17.9. The lowest BCUT2D eigenvalue weighted by molar-refractivity contribution is -0.118. The van der Waals surface area contributed by atoms with E-state index in [1.807, 2.05) is 0 Å². The summed E-state index contributed by atoms with van der Waals surface area (Å²) in [7, 11) is 1.41. The van der Waals surface area contributed by atoms with Crippen molar-refractivity contribution < 1.29 is 14.3 Å². The number of rotatable bonds is 3. The average Bonchev–Trinajstić information content (AvgIpc) is 2.82. The van der Waals surface area contributed by atoms with Crippen molar-refractivity contribution in [2.75, 3.05) is 12.4 Å². The Kier molecular flexibility index (Phi) is 4.78. The highest BCUT2D eigenvalue weighted by atomic mass is 32.1. The molecule has 1 fully saturated rings. The third-order valence-electron chi connectivity index (χ3n) is 7.40. The number of hydrogen-bond acceptors (Lipinski definition) is 4. The molecule has 150 valence electrons. The zero-order valence-corrected chi connectivity index (χ0v) is 18.7. The summed E-state index contributed by atoms with van der Waals surface area (Å²) in [5.74, 6) is 0.211. The molecular weight excluding hydrogens is 358 g/mol. The smallest absolute Gasteiger partial charge is 0.341 e. The van der Waals surface area contributed by atoms with E-state index in [1.165, 1.54) is 12.0 Å². The van der Waals surface area contributed by atoms with Crippen LogP contribution in [0.3, 0.4) is 0 Å². The zero-order chi connectivity index (χ0) is 20.4. The van der Waals surface area contributed by atoms with Gasteiger partial charge in [0.15, 0.2) is 0 Å². The first-order valence-corrected chi connectivity index (χ1v) is 10.7. The number of methoxy groups -OCH3 is 1. The Bertz CT molecular complexity index is 768. The van der Waals surface area contributed by atoms with Crippen LogP contribution in [0.2, 0.25) is 0 Å². The molecule has 3 rings (SSSR count). The molecule has 27 heavy (non-hydrogen) atoms. The summed E-state index contributed by atoms with van der Waals surface area (Å²) in [5, 5.41) is 3.76. The number of amides is 1. The summed E-state index contributed by atoms with van der Waals surface area (Å²) < 4.78 is 5.05. The minimum Gasteiger partial charge on any atom is -0.465 e. The molecule has 1 heterocycles. The molecule has 1 N–H and O–H groups in total. The van der Waals surface area contributed by atoms with E-state index in [-0.39, 0.29) is 34.0 Å². The van der Waals surface area contributed by atoms with Crippen LogP contribution in [0, 0.1) is 28.1 Å². The summed E-state index contributed by atoms with van der Waals surface area (Å²) in [5.41, 5.74) is 1.83. The Morgan fingerprint density at radius 3 is 2.22 bits per heavy atom. The van der Waals surface area contributed by atoms with Gasteiger partial charge in [0, 0.05) is 10.8 Å². The first kappa shape index (κ1) is 20.4. The second-order valence-electron chi connectivity index (χ2n) is 10.4. The topological polar surface area (TPSA) is 55.4 Å². The molecule has 0 radical (unpaired) electrons. The molecule has 0 spiro atoms. The Labute approximate surface area is 167 Å². The second-order valence-corrected chi connectivity index (χ2v) is 11.5. The van der Waals surface area contributed by atoms with Crippen molar-refractivity contribution in [2.45, 2.75) is 67.7 Å². The van der Waals surface area contributed by atoms with Crippen molar-refractivity contribution in [3.05, 3.63) is 16.0 Å². The number of carbonyl (C=O) groups is 2. The lowest BCUT2D eigenvalue weighted by atomic mass is 9.72. The molecule has 1 amide bonds. The lowest BCUT2D eigenvalue weighted by Gasteiger charge is -2.33. The van der Waals surface area contributed by atoms with Gasteiger partial charge >= 0.3 is 5.97 Å². The molecule has 1 saturated carbocycles. The first-order chi connectivity index (χ1) is 12.3. The predicted molar refractivity (Wildman–Crippen MR) is 110 cm³/mol. The molecule has 1 aromatic rings. The minimum atomic E-state index is -0.341. The van der Waals surface area contributed by atoms with Gasteiger partial charge in [-0.2, -0.15) is 0 Å². The molecule has 2 aliphatic rings. The van der Waals surface area contributed by atoms with Gasteiger partial charge in [-0.05, 0) is 47.0 Å². The van der Waals surface area contributed by atoms with Gasteiger partial charge in [-0.3, -0.25) is 4.79 Å². The lowest BCUT2D eigenvalue weighted by Crippen LogP contribution is -2.26. The highest BCUT2D eigenvalue weighted by Gasteiger charge is 2.68. The van der Waals surface area contributed by atoms with Crippen LogP contribution in [-0.2, 0) is 22.4 Å². The van der Waals surface area contributed by atoms with Crippen LogP contribution < -0.4 is 5.32 Å². The third-order valence-corrected chi connectivity index (χ3v) is 8.57. The monoisotopic (exact) mass is 391 g/mol. The summed E-state index contributed by atoms with van der Waals surface area (Å²) in [6, 6.07) is 0. The number of thiophene rings is 1. The van der Waals surface area contributed by atoms with Crippen molar-refractivity contribution >= 4 is 28.2 Å². The Morgan fingerprint density at radius 1 is 1.15 bits per heavy atom. The van der Waals surface area contributed by atoms with Gasteiger partial charge in [0.1, 0.15) is 5.00 Å². The molecule has 5 heteroatoms. The van der Waals surface area contributed by atoms with Crippen LogP contribution in [0.1, 0.15) is 75.7 Å². The maximum Gasteiger partial charge on any atom is 0.341 e. The van der Waals surface area contributed by atoms with Crippen molar-refractivity contribution in [2.24, 2.45) is 28.1 Å². The van der Waals surface area contributed by atoms with Crippen LogP contribution in [0.15, 0.2) is 0 Å². The van der Waals surface area contributed by atoms with Crippen molar-refractivity contribution in [1.29, 1.82) is 0 Å². The van der Waals surface area contributed by atoms with Gasteiger partial charge in [-0.1, -0.05) is 48.5 Å². The number of anilines is 1. The summed E-state index contributed by atoms with van der Waals surface area (Å²) in [4.78, 5) is 26.7. The van der Waals surface area contributed by atoms with Crippen molar-refractivity contribution in [1.82, 2.24) is 0 Å². The Morgan fingerprint density at radius 2 is 1.74 bits per heavy atom. The van der Waals surface area contributed by atoms with Gasteiger partial charge < -0.3 is 10.1 Å². The van der Waals surface area contributed by atoms with E-state index >= 15 is 0 Å². The number of ether oxygens (including phenoxy) is 1. The van der Waals surface area contributed by atoms with Crippen molar-refractivity contribution in [3.8, 4) is 0 Å². The summed E-state index contributed by atoms with van der Waals surface area (Å²) in [6.07, 6.45) is 2.89. The maximum absolute atomic E-state index is 12.9. The molecule has 0 bridgehead atoms. The Balaban J connectivity index is 1.91. The maximum atomic E-state index is 12.9. The number of esters is 1. The normalized spacial score (nSPS) is 23.5. The van der Waals surface area contributed by atoms with E-state index in [2.05, 4.69) is 53.8 Å². The third kappa shape index (κ3) is 3.22. The predicted octanol–water partition coefficient (Wildman–Crippen LogP) is 5.31. The van der Waals surface area contributed by atoms with Crippen LogP contribution in [0.25, 0.3) is 0 Å². The van der Waals surface area contributed by atoms with E-state index in [1.54, 1.807) is 11.3 Å². The number of carbonyl (C=O) groups excluding carboxylic acids is 2. The van der Waals surface area contributed by atoms with E-state index < -0.39 is 0 Å². The standard InChI is InChI=1S/C22H33NO3S/c1-20(2,3)12-9-10-13-14(11-12)27-18(15(13)19(25)26-8)23-17(24)16-21(4,5)22(16,6)7/h12,16H,9-11H2,1-8H3,(H,23,24). The van der Waals surface area contributed by atoms with Gasteiger partial charge in [-0.15, -0.1) is 11.3 Å². The fourth-order valence-corrected chi connectivity index (χ4v) is 6.09. The molecule has 0 aromatic carbocycles. The van der Waals surface area contributed by atoms with Crippen LogP contribution in [0.5, 0.6) is 0 Å². The van der Waals surface area contributed by atoms with Crippen molar-refractivity contribution in [3.63, 3.8) is 0 Å². The average molecular weight is 392 g/mol. The fourth-order valence-electron chi connectivity index (χ4n) is 4.77. The van der Waals surface area contributed by atoms with Crippen LogP contribution in [-0.4, -0.2) is 19.0 Å². The van der Waals surface area contributed by atoms with Gasteiger partial charge in [0.25, 0.3) is 0 Å². The SMILES string of the molecule is COC(=O)c1c(NC(=O)C2C(C)(C)C2(C)C)sc2c1CCC(C(C)(C)C)C2. The summed E-state index contributed by atoms with van der Waals surface area (Å²) >= 11 is 1.57. The highest BCUT2D eigenvalue weighted by molar-refractivity contribution is 7.17. The van der Waals surface area contributed by atoms with Gasteiger partial charge in [-0.25, -0.2) is 4.79 Å². The minimum absolute atomic E-state index is 0.0149. The van der Waals surface area contributed by atoms with E-state index in [9.17, 15) is 9.59 Å². The van der Waals surface area contributed by atoms with Crippen LogP contribution in [0.4, 0.5) is 5.00 Å². The molecular formula is C22H33NO3S. The summed E-state index contributed by atoms with van der Waals surface area (Å²) in [6.45, 7) is 15.3. The van der Waals surface area contributed by atoms with Gasteiger partial charge in [0.05, 0.1) is 12.7 Å². The fraction of sp³-hybridized carbons (Fsp3) is 0.727. The largest absolute Gasteiger partial charge is 0.465 e. The van der Waals surface area contributed by atoms with E-state index in [0.29, 0.717) is 16.5 Å². The van der Waals surface area contributed by atoms with Gasteiger partial charge in [0.2, 0.25) is 5.91 Å². The van der Waals surface area contributed by atoms with Crippen LogP contribution >= 0.6 is 11.3 Å². The molecule has 0 saturated heterocycles. The molecule has 1 unspecified atom stereocenters. The van der Waals surface area contributed by atoms with E-state index in [0.717, 1.165) is 24.8 Å². The highest BCUT2D eigenvalue weighted by Crippen LogP contribution is 2.68.